The lowest BCUT2D eigenvalue weighted by Gasteiger charge is -2.56. The number of fused-ring (bicyclic) bond motifs is 1. The van der Waals surface area contributed by atoms with Gasteiger partial charge in [0.2, 0.25) is 0 Å². The van der Waals surface area contributed by atoms with Crippen molar-refractivity contribution in [2.24, 2.45) is 23.2 Å². The third-order valence-corrected chi connectivity index (χ3v) is 7.92. The first-order valence-corrected chi connectivity index (χ1v) is 12.0. The molecule has 0 unspecified atom stereocenters. The van der Waals surface area contributed by atoms with Gasteiger partial charge in [0.05, 0.1) is 23.3 Å². The minimum Gasteiger partial charge on any atom is -0.351 e. The molecular weight excluding hydrogens is 414 g/mol. The maximum absolute atomic E-state index is 13.2. The highest BCUT2D eigenvalue weighted by molar-refractivity contribution is 6.02. The Labute approximate surface area is 193 Å². The molecule has 0 spiro atoms. The number of nitrogens with zero attached hydrogens (tertiary/aromatic N) is 3. The van der Waals surface area contributed by atoms with Crippen LogP contribution < -0.4 is 10.6 Å². The molecule has 4 saturated carbocycles. The molecule has 0 saturated heterocycles. The molecule has 4 fully saturated rings. The number of aromatic nitrogens is 3. The zero-order valence-corrected chi connectivity index (χ0v) is 18.7. The third kappa shape index (κ3) is 3.90. The van der Waals surface area contributed by atoms with Crippen LogP contribution in [0.5, 0.6) is 0 Å². The molecule has 4 bridgehead atoms. The fourth-order valence-electron chi connectivity index (χ4n) is 6.95. The van der Waals surface area contributed by atoms with Gasteiger partial charge >= 0.3 is 0 Å². The van der Waals surface area contributed by atoms with E-state index in [0.717, 1.165) is 30.0 Å². The number of carbonyl (C=O) groups is 2. The summed E-state index contributed by atoms with van der Waals surface area (Å²) in [5.74, 6) is 2.21. The van der Waals surface area contributed by atoms with E-state index >= 15 is 0 Å². The van der Waals surface area contributed by atoms with Crippen molar-refractivity contribution in [2.45, 2.75) is 45.1 Å². The molecule has 7 heteroatoms. The summed E-state index contributed by atoms with van der Waals surface area (Å²) in [6.45, 7) is 1.08. The van der Waals surface area contributed by atoms with E-state index in [1.54, 1.807) is 29.0 Å². The molecule has 3 aromatic heterocycles. The lowest BCUT2D eigenvalue weighted by molar-refractivity contribution is -0.0503. The molecule has 7 rings (SSSR count). The van der Waals surface area contributed by atoms with Gasteiger partial charge in [0, 0.05) is 18.9 Å². The first-order valence-electron chi connectivity index (χ1n) is 12.0. The lowest BCUT2D eigenvalue weighted by atomic mass is 9.49. The summed E-state index contributed by atoms with van der Waals surface area (Å²) in [4.78, 5) is 30.0. The van der Waals surface area contributed by atoms with E-state index in [0.29, 0.717) is 17.6 Å². The summed E-state index contributed by atoms with van der Waals surface area (Å²) >= 11 is 0. The summed E-state index contributed by atoms with van der Waals surface area (Å²) in [5, 5.41) is 10.5. The van der Waals surface area contributed by atoms with Gasteiger partial charge in [-0.2, -0.15) is 5.10 Å². The summed E-state index contributed by atoms with van der Waals surface area (Å²) in [7, 11) is 0. The van der Waals surface area contributed by atoms with Gasteiger partial charge < -0.3 is 10.6 Å². The maximum Gasteiger partial charge on any atom is 0.272 e. The molecule has 170 valence electrons. The van der Waals surface area contributed by atoms with E-state index in [4.69, 9.17) is 0 Å². The second kappa shape index (κ2) is 7.97. The van der Waals surface area contributed by atoms with Crippen molar-refractivity contribution in [2.75, 3.05) is 6.54 Å². The van der Waals surface area contributed by atoms with Crippen LogP contribution in [0.25, 0.3) is 5.52 Å². The van der Waals surface area contributed by atoms with E-state index in [1.807, 2.05) is 24.3 Å². The number of hydrogen-bond acceptors (Lipinski definition) is 4. The average Bonchev–Trinajstić information content (AvgIpc) is 3.25. The molecule has 7 nitrogen and oxygen atoms in total. The topological polar surface area (TPSA) is 88.4 Å². The van der Waals surface area contributed by atoms with E-state index in [2.05, 4.69) is 20.7 Å². The minimum absolute atomic E-state index is 0.0864. The summed E-state index contributed by atoms with van der Waals surface area (Å²) in [6, 6.07) is 10.9. The Balaban J connectivity index is 1.16. The normalized spacial score (nSPS) is 27.6. The number of amides is 2. The highest BCUT2D eigenvalue weighted by Crippen LogP contribution is 2.59. The van der Waals surface area contributed by atoms with Gasteiger partial charge in [0.1, 0.15) is 0 Å². The zero-order valence-electron chi connectivity index (χ0n) is 18.7. The molecule has 2 N–H and O–H groups in total. The Kier molecular flexibility index (Phi) is 4.93. The highest BCUT2D eigenvalue weighted by Gasteiger charge is 2.50. The number of nitrogens with one attached hydrogen (secondary N) is 2. The molecule has 0 aromatic carbocycles. The van der Waals surface area contributed by atoms with Crippen LogP contribution in [0, 0.1) is 23.2 Å². The van der Waals surface area contributed by atoms with Gasteiger partial charge in [-0.1, -0.05) is 6.07 Å². The molecule has 3 heterocycles. The zero-order chi connectivity index (χ0) is 22.4. The summed E-state index contributed by atoms with van der Waals surface area (Å²) in [6.07, 6.45) is 11.4. The second-order valence-electron chi connectivity index (χ2n) is 10.4. The Hall–Kier alpha value is -3.22. The quantitative estimate of drug-likeness (QED) is 0.609. The largest absolute Gasteiger partial charge is 0.351 e. The molecule has 33 heavy (non-hydrogen) atoms. The van der Waals surface area contributed by atoms with Crippen molar-refractivity contribution in [1.29, 1.82) is 0 Å². The Morgan fingerprint density at radius 2 is 1.73 bits per heavy atom. The van der Waals surface area contributed by atoms with Crippen LogP contribution in [0.15, 0.2) is 48.8 Å². The van der Waals surface area contributed by atoms with E-state index in [-0.39, 0.29) is 22.9 Å². The van der Waals surface area contributed by atoms with Crippen molar-refractivity contribution < 1.29 is 9.59 Å². The van der Waals surface area contributed by atoms with Gasteiger partial charge in [0.25, 0.3) is 11.8 Å². The van der Waals surface area contributed by atoms with Gasteiger partial charge in [-0.05, 0) is 92.0 Å². The SMILES string of the molecule is O=C(NCc1ccccn1)c1cc2c(C(=O)NCC34CC5CC(CC(C5)C3)C4)cccn2n1. The lowest BCUT2D eigenvalue weighted by Crippen LogP contribution is -2.51. The molecule has 2 amide bonds. The maximum atomic E-state index is 13.2. The van der Waals surface area contributed by atoms with Crippen molar-refractivity contribution in [3.05, 3.63) is 65.7 Å². The van der Waals surface area contributed by atoms with Crippen molar-refractivity contribution in [3.63, 3.8) is 0 Å². The molecule has 0 radical (unpaired) electrons. The van der Waals surface area contributed by atoms with Gasteiger partial charge in [-0.15, -0.1) is 0 Å². The first kappa shape index (κ1) is 20.4. The Bertz CT molecular complexity index is 1170. The first-order chi connectivity index (χ1) is 16.1. The molecule has 0 aliphatic heterocycles. The minimum atomic E-state index is -0.288. The van der Waals surface area contributed by atoms with Crippen LogP contribution in [-0.4, -0.2) is 33.0 Å². The standard InChI is InChI=1S/C26H29N5O2/c32-24(29-16-26-12-17-8-18(13-26)10-19(9-17)14-26)21-5-3-7-31-23(21)11-22(30-31)25(33)28-15-20-4-1-2-6-27-20/h1-7,11,17-19H,8-10,12-16H2,(H,28,33)(H,29,32). The van der Waals surface area contributed by atoms with Crippen molar-refractivity contribution >= 4 is 17.3 Å². The highest BCUT2D eigenvalue weighted by atomic mass is 16.2. The molecule has 4 aliphatic rings. The molecule has 0 atom stereocenters. The van der Waals surface area contributed by atoms with E-state index < -0.39 is 0 Å². The van der Waals surface area contributed by atoms with Crippen LogP contribution in [0.2, 0.25) is 0 Å². The van der Waals surface area contributed by atoms with Crippen molar-refractivity contribution in [1.82, 2.24) is 25.2 Å². The fraction of sp³-hybridized carbons (Fsp3) is 0.462. The number of pyridine rings is 2. The van der Waals surface area contributed by atoms with Crippen LogP contribution in [0.4, 0.5) is 0 Å². The molecule has 4 aliphatic carbocycles. The second-order valence-corrected chi connectivity index (χ2v) is 10.4. The van der Waals surface area contributed by atoms with Crippen LogP contribution >= 0.6 is 0 Å². The number of carbonyl (C=O) groups excluding carboxylic acids is 2. The van der Waals surface area contributed by atoms with Gasteiger partial charge in [-0.3, -0.25) is 14.6 Å². The monoisotopic (exact) mass is 443 g/mol. The van der Waals surface area contributed by atoms with Crippen LogP contribution in [-0.2, 0) is 6.54 Å². The predicted molar refractivity (Wildman–Crippen MR) is 124 cm³/mol. The molecular formula is C26H29N5O2. The van der Waals surface area contributed by atoms with Crippen LogP contribution in [0.3, 0.4) is 0 Å². The third-order valence-electron chi connectivity index (χ3n) is 7.92. The average molecular weight is 444 g/mol. The number of rotatable bonds is 6. The van der Waals surface area contributed by atoms with Crippen LogP contribution in [0.1, 0.15) is 65.1 Å². The Morgan fingerprint density at radius 1 is 0.970 bits per heavy atom. The van der Waals surface area contributed by atoms with Gasteiger partial charge in [-0.25, -0.2) is 4.52 Å². The summed E-state index contributed by atoms with van der Waals surface area (Å²) in [5.41, 5.74) is 2.54. The fourth-order valence-corrected chi connectivity index (χ4v) is 6.95. The Morgan fingerprint density at radius 3 is 2.42 bits per heavy atom. The van der Waals surface area contributed by atoms with E-state index in [9.17, 15) is 9.59 Å². The predicted octanol–water partition coefficient (Wildman–Crippen LogP) is 3.61. The molecule has 3 aromatic rings. The van der Waals surface area contributed by atoms with E-state index in [1.165, 1.54) is 38.5 Å². The number of hydrogen-bond donors (Lipinski definition) is 2. The smallest absolute Gasteiger partial charge is 0.272 e. The summed E-state index contributed by atoms with van der Waals surface area (Å²) < 4.78 is 1.61. The van der Waals surface area contributed by atoms with Gasteiger partial charge in [0.15, 0.2) is 5.69 Å². The van der Waals surface area contributed by atoms with Crippen molar-refractivity contribution in [3.8, 4) is 0 Å².